The van der Waals surface area contributed by atoms with Crippen molar-refractivity contribution in [3.8, 4) is 5.13 Å². The average molecular weight is 383 g/mol. The Labute approximate surface area is 164 Å². The van der Waals surface area contributed by atoms with Crippen LogP contribution in [0.1, 0.15) is 18.2 Å². The highest BCUT2D eigenvalue weighted by Gasteiger charge is 2.20. The monoisotopic (exact) mass is 382 g/mol. The second-order valence-electron chi connectivity index (χ2n) is 6.83. The first-order valence-corrected chi connectivity index (χ1v) is 10.3. The summed E-state index contributed by atoms with van der Waals surface area (Å²) in [7, 11) is 0. The Balaban J connectivity index is 1.45. The summed E-state index contributed by atoms with van der Waals surface area (Å²) in [6.45, 7) is 10.5. The standard InChI is InChI=1S/C20H26N6S/c1-3-24-11-13-25(14-12-24)19-22-23-20(27-19)26-10-6-8-17(26)15-21-18-9-5-4-7-16(18)2/h4-10,21H,3,11-15H2,1-2H3. The van der Waals surface area contributed by atoms with E-state index in [2.05, 4.69) is 86.3 Å². The van der Waals surface area contributed by atoms with Gasteiger partial charge >= 0.3 is 0 Å². The number of hydrogen-bond acceptors (Lipinski definition) is 6. The highest BCUT2D eigenvalue weighted by atomic mass is 32.1. The van der Waals surface area contributed by atoms with Gasteiger partial charge in [-0.1, -0.05) is 36.5 Å². The third kappa shape index (κ3) is 3.99. The van der Waals surface area contributed by atoms with Crippen LogP contribution in [-0.2, 0) is 6.54 Å². The van der Waals surface area contributed by atoms with Crippen molar-refractivity contribution in [2.45, 2.75) is 20.4 Å². The smallest absolute Gasteiger partial charge is 0.218 e. The largest absolute Gasteiger partial charge is 0.379 e. The second kappa shape index (κ2) is 8.10. The van der Waals surface area contributed by atoms with Gasteiger partial charge in [-0.15, -0.1) is 10.2 Å². The van der Waals surface area contributed by atoms with E-state index in [0.717, 1.165) is 55.2 Å². The van der Waals surface area contributed by atoms with Crippen LogP contribution in [0.3, 0.4) is 0 Å². The molecule has 1 aliphatic heterocycles. The number of nitrogens with one attached hydrogen (secondary N) is 1. The molecule has 1 N–H and O–H groups in total. The molecule has 27 heavy (non-hydrogen) atoms. The maximum Gasteiger partial charge on any atom is 0.218 e. The van der Waals surface area contributed by atoms with E-state index >= 15 is 0 Å². The Morgan fingerprint density at radius 3 is 2.56 bits per heavy atom. The molecule has 0 spiro atoms. The van der Waals surface area contributed by atoms with Crippen LogP contribution in [0.4, 0.5) is 10.8 Å². The number of anilines is 2. The summed E-state index contributed by atoms with van der Waals surface area (Å²) in [5.41, 5.74) is 3.59. The van der Waals surface area contributed by atoms with Gasteiger partial charge in [0.1, 0.15) is 0 Å². The van der Waals surface area contributed by atoms with E-state index in [-0.39, 0.29) is 0 Å². The predicted octanol–water partition coefficient (Wildman–Crippen LogP) is 3.39. The number of para-hydroxylation sites is 1. The van der Waals surface area contributed by atoms with Crippen LogP contribution < -0.4 is 10.2 Å². The van der Waals surface area contributed by atoms with Crippen LogP contribution in [0.2, 0.25) is 0 Å². The van der Waals surface area contributed by atoms with Gasteiger partial charge in [0.25, 0.3) is 0 Å². The number of aryl methyl sites for hydroxylation is 1. The van der Waals surface area contributed by atoms with Gasteiger partial charge in [-0.3, -0.25) is 4.57 Å². The van der Waals surface area contributed by atoms with Gasteiger partial charge in [0, 0.05) is 43.8 Å². The fourth-order valence-electron chi connectivity index (χ4n) is 3.39. The molecule has 7 heteroatoms. The van der Waals surface area contributed by atoms with Crippen molar-refractivity contribution < 1.29 is 0 Å². The Bertz CT molecular complexity index is 878. The zero-order chi connectivity index (χ0) is 18.6. The molecule has 0 atom stereocenters. The van der Waals surface area contributed by atoms with Crippen molar-refractivity contribution in [2.75, 3.05) is 42.9 Å². The van der Waals surface area contributed by atoms with Crippen LogP contribution in [0.15, 0.2) is 42.6 Å². The van der Waals surface area contributed by atoms with Crippen LogP contribution in [0.5, 0.6) is 0 Å². The van der Waals surface area contributed by atoms with E-state index in [0.29, 0.717) is 0 Å². The Morgan fingerprint density at radius 1 is 1.00 bits per heavy atom. The molecule has 1 fully saturated rings. The molecule has 0 bridgehead atoms. The number of likely N-dealkylation sites (N-methyl/N-ethyl adjacent to an activating group) is 1. The molecule has 0 unspecified atom stereocenters. The minimum absolute atomic E-state index is 0.752. The SMILES string of the molecule is CCN1CCN(c2nnc(-n3cccc3CNc3ccccc3C)s2)CC1. The summed E-state index contributed by atoms with van der Waals surface area (Å²) in [6.07, 6.45) is 2.06. The molecular weight excluding hydrogens is 356 g/mol. The molecule has 1 saturated heterocycles. The first-order valence-electron chi connectivity index (χ1n) is 9.51. The Kier molecular flexibility index (Phi) is 5.40. The number of rotatable bonds is 6. The zero-order valence-electron chi connectivity index (χ0n) is 15.9. The molecule has 3 heterocycles. The molecule has 142 valence electrons. The fraction of sp³-hybridized carbons (Fsp3) is 0.400. The van der Waals surface area contributed by atoms with Crippen LogP contribution >= 0.6 is 11.3 Å². The average Bonchev–Trinajstić information content (AvgIpc) is 3.36. The third-order valence-electron chi connectivity index (χ3n) is 5.14. The van der Waals surface area contributed by atoms with Crippen molar-refractivity contribution >= 4 is 22.2 Å². The van der Waals surface area contributed by atoms with E-state index in [1.54, 1.807) is 11.3 Å². The quantitative estimate of drug-likeness (QED) is 0.708. The van der Waals surface area contributed by atoms with E-state index < -0.39 is 0 Å². The number of aromatic nitrogens is 3. The van der Waals surface area contributed by atoms with Gasteiger partial charge in [0.05, 0.1) is 6.54 Å². The van der Waals surface area contributed by atoms with Crippen molar-refractivity contribution in [1.82, 2.24) is 19.7 Å². The maximum absolute atomic E-state index is 4.45. The van der Waals surface area contributed by atoms with Crippen molar-refractivity contribution in [3.05, 3.63) is 53.9 Å². The summed E-state index contributed by atoms with van der Waals surface area (Å²) in [4.78, 5) is 4.82. The molecule has 3 aromatic rings. The summed E-state index contributed by atoms with van der Waals surface area (Å²) in [5, 5.41) is 14.4. The summed E-state index contributed by atoms with van der Waals surface area (Å²) < 4.78 is 2.13. The van der Waals surface area contributed by atoms with E-state index in [9.17, 15) is 0 Å². The van der Waals surface area contributed by atoms with Gasteiger partial charge in [0.2, 0.25) is 10.3 Å². The number of nitrogens with zero attached hydrogens (tertiary/aromatic N) is 5. The number of piperazine rings is 1. The first-order chi connectivity index (χ1) is 13.2. The summed E-state index contributed by atoms with van der Waals surface area (Å²) >= 11 is 1.67. The van der Waals surface area contributed by atoms with Gasteiger partial charge < -0.3 is 15.1 Å². The van der Waals surface area contributed by atoms with E-state index in [4.69, 9.17) is 0 Å². The molecule has 1 aromatic carbocycles. The lowest BCUT2D eigenvalue weighted by atomic mass is 10.2. The van der Waals surface area contributed by atoms with E-state index in [1.807, 2.05) is 0 Å². The zero-order valence-corrected chi connectivity index (χ0v) is 16.7. The molecule has 0 saturated carbocycles. The minimum atomic E-state index is 0.752. The van der Waals surface area contributed by atoms with Crippen LogP contribution in [0.25, 0.3) is 5.13 Å². The second-order valence-corrected chi connectivity index (χ2v) is 7.76. The number of hydrogen-bond donors (Lipinski definition) is 1. The normalized spacial score (nSPS) is 15.3. The highest BCUT2D eigenvalue weighted by molar-refractivity contribution is 7.17. The van der Waals surface area contributed by atoms with Crippen LogP contribution in [-0.4, -0.2) is 52.4 Å². The first kappa shape index (κ1) is 18.0. The molecule has 0 aliphatic carbocycles. The Morgan fingerprint density at radius 2 is 1.78 bits per heavy atom. The van der Waals surface area contributed by atoms with Crippen LogP contribution in [0, 0.1) is 6.92 Å². The molecule has 4 rings (SSSR count). The van der Waals surface area contributed by atoms with Gasteiger partial charge in [0.15, 0.2) is 0 Å². The molecule has 1 aliphatic rings. The lowest BCUT2D eigenvalue weighted by molar-refractivity contribution is 0.271. The lowest BCUT2D eigenvalue weighted by Crippen LogP contribution is -2.46. The third-order valence-corrected chi connectivity index (χ3v) is 6.12. The predicted molar refractivity (Wildman–Crippen MR) is 112 cm³/mol. The lowest BCUT2D eigenvalue weighted by Gasteiger charge is -2.33. The minimum Gasteiger partial charge on any atom is -0.379 e. The molecule has 6 nitrogen and oxygen atoms in total. The van der Waals surface area contributed by atoms with Crippen molar-refractivity contribution in [2.24, 2.45) is 0 Å². The molecular formula is C20H26N6S. The summed E-state index contributed by atoms with van der Waals surface area (Å²) in [6, 6.07) is 12.6. The van der Waals surface area contributed by atoms with Crippen molar-refractivity contribution in [1.29, 1.82) is 0 Å². The molecule has 0 radical (unpaired) electrons. The van der Waals surface area contributed by atoms with Gasteiger partial charge in [-0.05, 0) is 37.2 Å². The number of benzene rings is 1. The molecule has 0 amide bonds. The van der Waals surface area contributed by atoms with Crippen molar-refractivity contribution in [3.63, 3.8) is 0 Å². The van der Waals surface area contributed by atoms with E-state index in [1.165, 1.54) is 11.3 Å². The Hall–Kier alpha value is -2.38. The highest BCUT2D eigenvalue weighted by Crippen LogP contribution is 2.26. The summed E-state index contributed by atoms with van der Waals surface area (Å²) in [5.74, 6) is 0. The molecule has 2 aromatic heterocycles. The fourth-order valence-corrected chi connectivity index (χ4v) is 4.31. The van der Waals surface area contributed by atoms with Gasteiger partial charge in [-0.25, -0.2) is 0 Å². The van der Waals surface area contributed by atoms with Gasteiger partial charge in [-0.2, -0.15) is 0 Å². The topological polar surface area (TPSA) is 49.2 Å². The maximum atomic E-state index is 4.45.